The Kier molecular flexibility index (Phi) is 3.52. The predicted octanol–water partition coefficient (Wildman–Crippen LogP) is 2.82. The average Bonchev–Trinajstić information content (AvgIpc) is 2.37. The summed E-state index contributed by atoms with van der Waals surface area (Å²) in [5, 5.41) is 8.62. The monoisotopic (exact) mass is 260 g/mol. The maximum absolute atomic E-state index is 11.9. The van der Waals surface area contributed by atoms with Crippen LogP contribution in [0.25, 0.3) is 0 Å². The van der Waals surface area contributed by atoms with Gasteiger partial charge in [-0.15, -0.1) is 0 Å². The van der Waals surface area contributed by atoms with Crippen LogP contribution in [0.4, 0.5) is 0 Å². The number of carbonyl (C=O) groups is 1. The Bertz CT molecular complexity index is 370. The molecule has 0 aromatic heterocycles. The second-order valence-corrected chi connectivity index (χ2v) is 7.04. The van der Waals surface area contributed by atoms with Gasteiger partial charge in [-0.25, -0.2) is 0 Å². The van der Waals surface area contributed by atoms with E-state index in [1.807, 2.05) is 6.07 Å². The van der Waals surface area contributed by atoms with Gasteiger partial charge < -0.3 is 4.90 Å². The minimum absolute atomic E-state index is 0.148. The normalized spacial score (nSPS) is 39.1. The molecule has 4 bridgehead atoms. The van der Waals surface area contributed by atoms with Crippen molar-refractivity contribution in [3.8, 4) is 6.07 Å². The zero-order valence-corrected chi connectivity index (χ0v) is 11.8. The third-order valence-electron chi connectivity index (χ3n) is 5.85. The highest BCUT2D eigenvalue weighted by Crippen LogP contribution is 2.57. The molecule has 0 spiro atoms. The molecule has 1 amide bonds. The van der Waals surface area contributed by atoms with E-state index in [4.69, 9.17) is 5.26 Å². The summed E-state index contributed by atoms with van der Waals surface area (Å²) in [6.45, 7) is 0.223. The Labute approximate surface area is 116 Å². The van der Waals surface area contributed by atoms with Crippen LogP contribution in [0.2, 0.25) is 0 Å². The molecule has 4 aliphatic rings. The SMILES string of the molecule is CN(CC#N)C(=O)CCC1C2CC3CC(C2)CC1C3. The lowest BCUT2D eigenvalue weighted by Gasteiger charge is -2.54. The van der Waals surface area contributed by atoms with E-state index in [-0.39, 0.29) is 12.5 Å². The number of nitriles is 1. The highest BCUT2D eigenvalue weighted by Gasteiger charge is 2.47. The quantitative estimate of drug-likeness (QED) is 0.730. The predicted molar refractivity (Wildman–Crippen MR) is 73.0 cm³/mol. The molecule has 0 aromatic carbocycles. The number of rotatable bonds is 4. The zero-order valence-electron chi connectivity index (χ0n) is 11.8. The van der Waals surface area contributed by atoms with Crippen LogP contribution in [0.3, 0.4) is 0 Å². The van der Waals surface area contributed by atoms with Gasteiger partial charge in [0.1, 0.15) is 6.54 Å². The summed E-state index contributed by atoms with van der Waals surface area (Å²) in [5.41, 5.74) is 0. The molecule has 0 N–H and O–H groups in total. The van der Waals surface area contributed by atoms with Crippen molar-refractivity contribution in [2.24, 2.45) is 29.6 Å². The first-order valence-corrected chi connectivity index (χ1v) is 7.78. The fourth-order valence-corrected chi connectivity index (χ4v) is 5.18. The second-order valence-electron chi connectivity index (χ2n) is 7.04. The molecule has 3 heteroatoms. The smallest absolute Gasteiger partial charge is 0.223 e. The van der Waals surface area contributed by atoms with E-state index in [9.17, 15) is 4.79 Å². The van der Waals surface area contributed by atoms with Crippen molar-refractivity contribution in [1.82, 2.24) is 4.90 Å². The van der Waals surface area contributed by atoms with Gasteiger partial charge >= 0.3 is 0 Å². The first-order valence-electron chi connectivity index (χ1n) is 7.78. The lowest BCUT2D eigenvalue weighted by atomic mass is 9.51. The molecule has 4 saturated carbocycles. The minimum Gasteiger partial charge on any atom is -0.332 e. The summed E-state index contributed by atoms with van der Waals surface area (Å²) in [5.74, 6) is 4.78. The molecule has 4 rings (SSSR count). The van der Waals surface area contributed by atoms with Crippen LogP contribution in [0, 0.1) is 40.9 Å². The molecule has 0 radical (unpaired) electrons. The maximum atomic E-state index is 11.9. The highest BCUT2D eigenvalue weighted by atomic mass is 16.2. The van der Waals surface area contributed by atoms with Gasteiger partial charge in [-0.2, -0.15) is 5.26 Å². The first-order chi connectivity index (χ1) is 9.17. The van der Waals surface area contributed by atoms with Gasteiger partial charge in [0.05, 0.1) is 6.07 Å². The van der Waals surface area contributed by atoms with Crippen LogP contribution >= 0.6 is 0 Å². The number of nitrogens with zero attached hydrogens (tertiary/aromatic N) is 2. The van der Waals surface area contributed by atoms with Crippen LogP contribution < -0.4 is 0 Å². The molecule has 0 atom stereocenters. The maximum Gasteiger partial charge on any atom is 0.223 e. The van der Waals surface area contributed by atoms with E-state index in [1.165, 1.54) is 32.1 Å². The fourth-order valence-electron chi connectivity index (χ4n) is 5.18. The fraction of sp³-hybridized carbons (Fsp3) is 0.875. The van der Waals surface area contributed by atoms with Gasteiger partial charge in [0.15, 0.2) is 0 Å². The molecule has 0 aromatic rings. The topological polar surface area (TPSA) is 44.1 Å². The lowest BCUT2D eigenvalue weighted by Crippen LogP contribution is -2.45. The van der Waals surface area contributed by atoms with Gasteiger partial charge in [-0.3, -0.25) is 4.79 Å². The molecular formula is C16H24N2O. The Morgan fingerprint density at radius 2 is 1.74 bits per heavy atom. The molecule has 0 aliphatic heterocycles. The van der Waals surface area contributed by atoms with Crippen LogP contribution in [0.5, 0.6) is 0 Å². The number of hydrogen-bond acceptors (Lipinski definition) is 2. The number of carbonyl (C=O) groups excluding carboxylic acids is 1. The van der Waals surface area contributed by atoms with E-state index in [0.717, 1.165) is 36.0 Å². The molecule has 104 valence electrons. The van der Waals surface area contributed by atoms with E-state index >= 15 is 0 Å². The van der Waals surface area contributed by atoms with Gasteiger partial charge in [0, 0.05) is 13.5 Å². The van der Waals surface area contributed by atoms with Crippen molar-refractivity contribution in [1.29, 1.82) is 5.26 Å². The van der Waals surface area contributed by atoms with Crippen molar-refractivity contribution in [2.45, 2.75) is 44.9 Å². The van der Waals surface area contributed by atoms with E-state index in [0.29, 0.717) is 6.42 Å². The van der Waals surface area contributed by atoms with Crippen LogP contribution in [-0.2, 0) is 4.79 Å². The van der Waals surface area contributed by atoms with Crippen molar-refractivity contribution in [3.05, 3.63) is 0 Å². The van der Waals surface area contributed by atoms with Crippen molar-refractivity contribution in [3.63, 3.8) is 0 Å². The molecule has 19 heavy (non-hydrogen) atoms. The Hall–Kier alpha value is -1.04. The highest BCUT2D eigenvalue weighted by molar-refractivity contribution is 5.76. The molecule has 0 unspecified atom stereocenters. The largest absolute Gasteiger partial charge is 0.332 e. The number of amides is 1. The summed E-state index contributed by atoms with van der Waals surface area (Å²) in [6, 6.07) is 2.04. The van der Waals surface area contributed by atoms with Crippen molar-refractivity contribution >= 4 is 5.91 Å². The summed E-state index contributed by atoms with van der Waals surface area (Å²) >= 11 is 0. The Morgan fingerprint density at radius 3 is 2.26 bits per heavy atom. The molecule has 0 heterocycles. The summed E-state index contributed by atoms with van der Waals surface area (Å²) in [4.78, 5) is 13.5. The van der Waals surface area contributed by atoms with Crippen LogP contribution in [-0.4, -0.2) is 24.4 Å². The van der Waals surface area contributed by atoms with Gasteiger partial charge in [0.2, 0.25) is 5.91 Å². The molecule has 4 fully saturated rings. The van der Waals surface area contributed by atoms with Gasteiger partial charge in [-0.1, -0.05) is 0 Å². The van der Waals surface area contributed by atoms with E-state index < -0.39 is 0 Å². The molecular weight excluding hydrogens is 236 g/mol. The third-order valence-corrected chi connectivity index (χ3v) is 5.85. The lowest BCUT2D eigenvalue weighted by molar-refractivity contribution is -0.130. The summed E-state index contributed by atoms with van der Waals surface area (Å²) < 4.78 is 0. The van der Waals surface area contributed by atoms with Crippen LogP contribution in [0.1, 0.15) is 44.9 Å². The summed E-state index contributed by atoms with van der Waals surface area (Å²) in [7, 11) is 1.74. The molecule has 3 nitrogen and oxygen atoms in total. The first kappa shape index (κ1) is 13.0. The molecule has 4 aliphatic carbocycles. The van der Waals surface area contributed by atoms with Crippen molar-refractivity contribution < 1.29 is 4.79 Å². The molecule has 0 saturated heterocycles. The Balaban J connectivity index is 1.53. The van der Waals surface area contributed by atoms with E-state index in [1.54, 1.807) is 11.9 Å². The third kappa shape index (κ3) is 2.50. The average molecular weight is 260 g/mol. The van der Waals surface area contributed by atoms with Gasteiger partial charge in [0.25, 0.3) is 0 Å². The van der Waals surface area contributed by atoms with E-state index in [2.05, 4.69) is 0 Å². The standard InChI is InChI=1S/C16H24N2O/c1-18(5-4-17)16(19)3-2-15-13-7-11-6-12(9-13)10-14(15)8-11/h11-15H,2-3,5-10H2,1H3. The van der Waals surface area contributed by atoms with Crippen molar-refractivity contribution in [2.75, 3.05) is 13.6 Å². The van der Waals surface area contributed by atoms with Gasteiger partial charge in [-0.05, 0) is 68.1 Å². The number of hydrogen-bond donors (Lipinski definition) is 0. The summed E-state index contributed by atoms with van der Waals surface area (Å²) in [6.07, 6.45) is 8.91. The second kappa shape index (κ2) is 5.15. The van der Waals surface area contributed by atoms with Crippen LogP contribution in [0.15, 0.2) is 0 Å². The minimum atomic E-state index is 0.148. The zero-order chi connectivity index (χ0) is 13.4. The Morgan fingerprint density at radius 1 is 1.16 bits per heavy atom.